The Morgan fingerprint density at radius 1 is 1.09 bits per heavy atom. The number of nitrogens with one attached hydrogen (secondary N) is 2. The van der Waals surface area contributed by atoms with Gasteiger partial charge in [0.1, 0.15) is 0 Å². The van der Waals surface area contributed by atoms with E-state index < -0.39 is 0 Å². The molecule has 11 heavy (non-hydrogen) atoms. The molecule has 0 aliphatic carbocycles. The van der Waals surface area contributed by atoms with Crippen LogP contribution in [0.5, 0.6) is 0 Å². The first-order valence-electron chi connectivity index (χ1n) is 3.72. The molecule has 2 N–H and O–H groups in total. The molecule has 0 unspecified atom stereocenters. The molecule has 66 valence electrons. The largest absolute Gasteiger partial charge is 0.280 e. The van der Waals surface area contributed by atoms with E-state index >= 15 is 0 Å². The van der Waals surface area contributed by atoms with Crippen LogP contribution in [0.4, 0.5) is 0 Å². The lowest BCUT2D eigenvalue weighted by atomic mass is 10.4. The van der Waals surface area contributed by atoms with E-state index in [1.807, 2.05) is 27.7 Å². The third kappa shape index (κ3) is 6.38. The number of hydrazine groups is 2. The Hall–Kier alpha value is -0.0200. The lowest BCUT2D eigenvalue weighted by molar-refractivity contribution is 0.203. The van der Waals surface area contributed by atoms with Crippen molar-refractivity contribution in [2.24, 2.45) is 0 Å². The summed E-state index contributed by atoms with van der Waals surface area (Å²) >= 11 is 0. The van der Waals surface area contributed by atoms with Crippen LogP contribution in [0, 0.1) is 0 Å². The molecular formula is C6H16N3OP. The van der Waals surface area contributed by atoms with Crippen LogP contribution in [0.1, 0.15) is 27.7 Å². The van der Waals surface area contributed by atoms with E-state index in [-0.39, 0.29) is 20.7 Å². The van der Waals surface area contributed by atoms with Crippen LogP contribution in [-0.4, -0.2) is 17.0 Å². The fourth-order valence-electron chi connectivity index (χ4n) is 0.574. The summed E-state index contributed by atoms with van der Waals surface area (Å²) in [5, 5.41) is 0. The molecule has 0 rings (SSSR count). The predicted molar refractivity (Wildman–Crippen MR) is 46.0 cm³/mol. The van der Waals surface area contributed by atoms with Gasteiger partial charge in [-0.05, 0) is 27.7 Å². The van der Waals surface area contributed by atoms with Gasteiger partial charge in [-0.2, -0.15) is 0 Å². The highest BCUT2D eigenvalue weighted by molar-refractivity contribution is 7.20. The maximum atomic E-state index is 10.5. The van der Waals surface area contributed by atoms with Crippen molar-refractivity contribution >= 4 is 8.61 Å². The third-order valence-corrected chi connectivity index (χ3v) is 1.24. The maximum Gasteiger partial charge on any atom is 0.280 e. The molecule has 0 fully saturated rings. The summed E-state index contributed by atoms with van der Waals surface area (Å²) in [4.78, 5) is 1.44. The zero-order chi connectivity index (χ0) is 8.85. The van der Waals surface area contributed by atoms with Gasteiger partial charge in [0.25, 0.3) is 8.61 Å². The zero-order valence-corrected chi connectivity index (χ0v) is 8.35. The summed E-state index contributed by atoms with van der Waals surface area (Å²) in [7, 11) is -0.0584. The molecule has 0 aromatic heterocycles. The highest BCUT2D eigenvalue weighted by Gasteiger charge is 2.05. The Labute approximate surface area is 69.5 Å². The lowest BCUT2D eigenvalue weighted by Gasteiger charge is -2.20. The molecule has 5 heteroatoms. The first-order valence-corrected chi connectivity index (χ1v) is 4.48. The molecule has 0 heterocycles. The zero-order valence-electron chi connectivity index (χ0n) is 7.46. The molecule has 0 aromatic rings. The Balaban J connectivity index is 3.67. The quantitative estimate of drug-likeness (QED) is 0.491. The minimum atomic E-state index is -0.0584. The van der Waals surface area contributed by atoms with Crippen molar-refractivity contribution in [3.8, 4) is 0 Å². The van der Waals surface area contributed by atoms with E-state index in [0.29, 0.717) is 0 Å². The second kappa shape index (κ2) is 5.61. The monoisotopic (exact) mass is 177 g/mol. The standard InChI is InChI=1S/C6H16N3OP/c1-5(2)7-9(11-10)8-6(3)4/h5-8H,1-4H3. The smallest absolute Gasteiger partial charge is 0.253 e. The van der Waals surface area contributed by atoms with E-state index in [0.717, 1.165) is 0 Å². The number of nitrogens with zero attached hydrogens (tertiary/aromatic N) is 1. The van der Waals surface area contributed by atoms with Gasteiger partial charge >= 0.3 is 0 Å². The van der Waals surface area contributed by atoms with Crippen LogP contribution in [0.25, 0.3) is 0 Å². The summed E-state index contributed by atoms with van der Waals surface area (Å²) in [6, 6.07) is 0.561. The van der Waals surface area contributed by atoms with Gasteiger partial charge in [-0.25, -0.2) is 10.9 Å². The number of rotatable bonds is 5. The van der Waals surface area contributed by atoms with Gasteiger partial charge in [-0.15, -0.1) is 0 Å². The van der Waals surface area contributed by atoms with Crippen LogP contribution in [-0.2, 0) is 4.57 Å². The average Bonchev–Trinajstić information content (AvgIpc) is 1.84. The minimum Gasteiger partial charge on any atom is -0.253 e. The van der Waals surface area contributed by atoms with Crippen molar-refractivity contribution < 1.29 is 4.57 Å². The molecule has 0 aromatic carbocycles. The van der Waals surface area contributed by atoms with Crippen LogP contribution in [0.3, 0.4) is 0 Å². The van der Waals surface area contributed by atoms with Gasteiger partial charge in [0.05, 0.1) is 0 Å². The average molecular weight is 177 g/mol. The summed E-state index contributed by atoms with van der Waals surface area (Å²) < 4.78 is 10.5. The fraction of sp³-hybridized carbons (Fsp3) is 1.00. The first-order chi connectivity index (χ1) is 5.06. The predicted octanol–water partition coefficient (Wildman–Crippen LogP) is 1.32. The molecule has 4 nitrogen and oxygen atoms in total. The Morgan fingerprint density at radius 2 is 1.45 bits per heavy atom. The van der Waals surface area contributed by atoms with Crippen molar-refractivity contribution in [1.82, 2.24) is 15.7 Å². The second-order valence-electron chi connectivity index (χ2n) is 2.96. The summed E-state index contributed by atoms with van der Waals surface area (Å²) in [5.41, 5.74) is 5.92. The molecule has 0 atom stereocenters. The first kappa shape index (κ1) is 11.0. The molecule has 0 bridgehead atoms. The van der Waals surface area contributed by atoms with Crippen molar-refractivity contribution in [3.05, 3.63) is 0 Å². The van der Waals surface area contributed by atoms with E-state index in [4.69, 9.17) is 0 Å². The van der Waals surface area contributed by atoms with Crippen molar-refractivity contribution in [2.45, 2.75) is 39.8 Å². The fourth-order valence-corrected chi connectivity index (χ4v) is 1.13. The molecule has 0 aliphatic rings. The Bertz CT molecular complexity index is 108. The Kier molecular flexibility index (Phi) is 5.60. The molecule has 0 aliphatic heterocycles. The van der Waals surface area contributed by atoms with Crippen LogP contribution in [0.2, 0.25) is 0 Å². The normalized spacial score (nSPS) is 12.3. The molecule has 0 radical (unpaired) electrons. The van der Waals surface area contributed by atoms with Crippen molar-refractivity contribution in [3.63, 3.8) is 0 Å². The SMILES string of the molecule is CC(C)NN(NC(C)C)P=O. The maximum absolute atomic E-state index is 10.5. The summed E-state index contributed by atoms with van der Waals surface area (Å²) in [6.07, 6.45) is 0. The van der Waals surface area contributed by atoms with Gasteiger partial charge in [0.2, 0.25) is 0 Å². The molecule has 0 spiro atoms. The minimum absolute atomic E-state index is 0.0584. The van der Waals surface area contributed by atoms with Gasteiger partial charge in [-0.3, -0.25) is 4.57 Å². The summed E-state index contributed by atoms with van der Waals surface area (Å²) in [6.45, 7) is 7.95. The van der Waals surface area contributed by atoms with Gasteiger partial charge < -0.3 is 0 Å². The van der Waals surface area contributed by atoms with Crippen LogP contribution < -0.4 is 10.9 Å². The van der Waals surface area contributed by atoms with E-state index in [2.05, 4.69) is 10.9 Å². The van der Waals surface area contributed by atoms with E-state index in [9.17, 15) is 4.57 Å². The number of hydrogen-bond donors (Lipinski definition) is 2. The lowest BCUT2D eigenvalue weighted by Crippen LogP contribution is -2.47. The van der Waals surface area contributed by atoms with Crippen LogP contribution in [0.15, 0.2) is 0 Å². The van der Waals surface area contributed by atoms with E-state index in [1.54, 1.807) is 0 Å². The third-order valence-electron chi connectivity index (χ3n) is 0.843. The molecule has 0 saturated carbocycles. The highest BCUT2D eigenvalue weighted by atomic mass is 31.1. The Morgan fingerprint density at radius 3 is 1.64 bits per heavy atom. The van der Waals surface area contributed by atoms with Gasteiger partial charge in [-0.1, -0.05) is 4.89 Å². The molecular weight excluding hydrogens is 161 g/mol. The van der Waals surface area contributed by atoms with E-state index in [1.165, 1.54) is 4.89 Å². The van der Waals surface area contributed by atoms with Gasteiger partial charge in [0, 0.05) is 12.1 Å². The molecule has 0 amide bonds. The van der Waals surface area contributed by atoms with Crippen molar-refractivity contribution in [1.29, 1.82) is 0 Å². The van der Waals surface area contributed by atoms with Crippen molar-refractivity contribution in [2.75, 3.05) is 0 Å². The molecule has 0 saturated heterocycles. The van der Waals surface area contributed by atoms with Crippen LogP contribution >= 0.6 is 8.61 Å². The number of hydrogen-bond acceptors (Lipinski definition) is 3. The topological polar surface area (TPSA) is 44.4 Å². The summed E-state index contributed by atoms with van der Waals surface area (Å²) in [5.74, 6) is 0. The van der Waals surface area contributed by atoms with Gasteiger partial charge in [0.15, 0.2) is 0 Å². The highest BCUT2D eigenvalue weighted by Crippen LogP contribution is 1.98. The second-order valence-corrected chi connectivity index (χ2v) is 3.52.